The molecule has 4 rings (SSSR count). The molecular formula is C14H19N5OS. The summed E-state index contributed by atoms with van der Waals surface area (Å²) in [6.45, 7) is 3.53. The lowest BCUT2D eigenvalue weighted by Gasteiger charge is -2.31. The molecule has 0 amide bonds. The van der Waals surface area contributed by atoms with Gasteiger partial charge in [0, 0.05) is 43.7 Å². The van der Waals surface area contributed by atoms with E-state index in [-0.39, 0.29) is 6.10 Å². The fraction of sp³-hybridized carbons (Fsp3) is 0.643. The highest BCUT2D eigenvalue weighted by atomic mass is 32.1. The normalized spacial score (nSPS) is 23.6. The summed E-state index contributed by atoms with van der Waals surface area (Å²) in [7, 11) is 1.96. The first-order chi connectivity index (χ1) is 10.3. The van der Waals surface area contributed by atoms with Crippen molar-refractivity contribution in [3.8, 4) is 0 Å². The van der Waals surface area contributed by atoms with Gasteiger partial charge in [0.25, 0.3) is 0 Å². The standard InChI is InChI=1S/C14H19N5OS/c1-18-9-16-17-13(18)12-8-19(4-5-20-12)7-11-6-15-14(21-11)10-2-3-10/h6,9-10,12H,2-5,7-8H2,1H3/t12-/m1/s1. The number of hydrogen-bond donors (Lipinski definition) is 0. The van der Waals surface area contributed by atoms with Gasteiger partial charge >= 0.3 is 0 Å². The number of morpholine rings is 1. The second-order valence-electron chi connectivity index (χ2n) is 5.83. The third kappa shape index (κ3) is 2.86. The third-order valence-corrected chi connectivity index (χ3v) is 5.21. The lowest BCUT2D eigenvalue weighted by Crippen LogP contribution is -2.38. The zero-order valence-corrected chi connectivity index (χ0v) is 12.9. The number of aryl methyl sites for hydroxylation is 1. The molecule has 7 heteroatoms. The maximum Gasteiger partial charge on any atom is 0.163 e. The topological polar surface area (TPSA) is 56.1 Å². The molecule has 2 aromatic heterocycles. The molecule has 0 aromatic carbocycles. The molecule has 21 heavy (non-hydrogen) atoms. The fourth-order valence-electron chi connectivity index (χ4n) is 2.72. The van der Waals surface area contributed by atoms with Crippen molar-refractivity contribution in [1.82, 2.24) is 24.6 Å². The average molecular weight is 305 g/mol. The van der Waals surface area contributed by atoms with Crippen molar-refractivity contribution in [1.29, 1.82) is 0 Å². The predicted molar refractivity (Wildman–Crippen MR) is 79.1 cm³/mol. The maximum absolute atomic E-state index is 5.85. The van der Waals surface area contributed by atoms with E-state index in [0.717, 1.165) is 38.0 Å². The number of hydrogen-bond acceptors (Lipinski definition) is 6. The largest absolute Gasteiger partial charge is 0.368 e. The first-order valence-corrected chi connectivity index (χ1v) is 8.23. The molecule has 2 fully saturated rings. The Kier molecular flexibility index (Phi) is 3.48. The van der Waals surface area contributed by atoms with Gasteiger partial charge in [0.05, 0.1) is 11.6 Å². The van der Waals surface area contributed by atoms with Crippen LogP contribution in [0.5, 0.6) is 0 Å². The SMILES string of the molecule is Cn1cnnc1[C@H]1CN(Cc2cnc(C3CC3)s2)CCO1. The van der Waals surface area contributed by atoms with E-state index in [1.807, 2.05) is 29.1 Å². The molecule has 112 valence electrons. The zero-order valence-electron chi connectivity index (χ0n) is 12.1. The Morgan fingerprint density at radius 1 is 1.43 bits per heavy atom. The smallest absolute Gasteiger partial charge is 0.163 e. The summed E-state index contributed by atoms with van der Waals surface area (Å²) >= 11 is 1.87. The molecular weight excluding hydrogens is 286 g/mol. The monoisotopic (exact) mass is 305 g/mol. The van der Waals surface area contributed by atoms with Crippen LogP contribution in [0.15, 0.2) is 12.5 Å². The summed E-state index contributed by atoms with van der Waals surface area (Å²) in [4.78, 5) is 8.34. The predicted octanol–water partition coefficient (Wildman–Crippen LogP) is 1.72. The molecule has 0 radical (unpaired) electrons. The van der Waals surface area contributed by atoms with Gasteiger partial charge in [0.15, 0.2) is 5.82 Å². The minimum Gasteiger partial charge on any atom is -0.368 e. The molecule has 3 heterocycles. The van der Waals surface area contributed by atoms with Crippen LogP contribution in [0, 0.1) is 0 Å². The van der Waals surface area contributed by atoms with Crippen LogP contribution < -0.4 is 0 Å². The number of rotatable bonds is 4. The number of thiazole rings is 1. The summed E-state index contributed by atoms with van der Waals surface area (Å²) < 4.78 is 7.78. The Bertz CT molecular complexity index is 620. The van der Waals surface area contributed by atoms with Gasteiger partial charge in [-0.05, 0) is 12.8 Å². The summed E-state index contributed by atoms with van der Waals surface area (Å²) in [5, 5.41) is 9.43. The van der Waals surface area contributed by atoms with Gasteiger partial charge in [0.2, 0.25) is 0 Å². The van der Waals surface area contributed by atoms with E-state index in [9.17, 15) is 0 Å². The molecule has 1 saturated carbocycles. The molecule has 0 unspecified atom stereocenters. The molecule has 0 spiro atoms. The highest BCUT2D eigenvalue weighted by molar-refractivity contribution is 7.11. The third-order valence-electron chi connectivity index (χ3n) is 4.06. The van der Waals surface area contributed by atoms with Gasteiger partial charge in [0.1, 0.15) is 12.4 Å². The van der Waals surface area contributed by atoms with E-state index >= 15 is 0 Å². The van der Waals surface area contributed by atoms with E-state index in [1.54, 1.807) is 6.33 Å². The van der Waals surface area contributed by atoms with Crippen molar-refractivity contribution in [3.63, 3.8) is 0 Å². The Hall–Kier alpha value is -1.31. The van der Waals surface area contributed by atoms with Crippen LogP contribution in [0.1, 0.15) is 40.6 Å². The molecule has 2 aliphatic rings. The summed E-state index contributed by atoms with van der Waals surface area (Å²) in [5.41, 5.74) is 0. The van der Waals surface area contributed by atoms with E-state index in [1.165, 1.54) is 22.7 Å². The second-order valence-corrected chi connectivity index (χ2v) is 6.98. The first-order valence-electron chi connectivity index (χ1n) is 7.42. The average Bonchev–Trinajstić information content (AvgIpc) is 3.09. The van der Waals surface area contributed by atoms with Crippen LogP contribution in [0.4, 0.5) is 0 Å². The number of aromatic nitrogens is 4. The van der Waals surface area contributed by atoms with Gasteiger partial charge in [-0.1, -0.05) is 0 Å². The Labute approximate surface area is 127 Å². The fourth-order valence-corrected chi connectivity index (χ4v) is 3.85. The van der Waals surface area contributed by atoms with Gasteiger partial charge in [-0.2, -0.15) is 0 Å². The molecule has 1 aliphatic heterocycles. The van der Waals surface area contributed by atoms with Gasteiger partial charge in [-0.3, -0.25) is 4.90 Å². The van der Waals surface area contributed by atoms with Crippen molar-refractivity contribution in [3.05, 3.63) is 28.2 Å². The molecule has 1 atom stereocenters. The Morgan fingerprint density at radius 2 is 2.33 bits per heavy atom. The minimum atomic E-state index is 0.0158. The highest BCUT2D eigenvalue weighted by Gasteiger charge is 2.28. The van der Waals surface area contributed by atoms with Crippen LogP contribution >= 0.6 is 11.3 Å². The number of ether oxygens (including phenoxy) is 1. The van der Waals surface area contributed by atoms with E-state index in [2.05, 4.69) is 20.1 Å². The Balaban J connectivity index is 1.41. The quantitative estimate of drug-likeness (QED) is 0.861. The van der Waals surface area contributed by atoms with Crippen molar-refractivity contribution in [2.24, 2.45) is 7.05 Å². The summed E-state index contributed by atoms with van der Waals surface area (Å²) in [5.74, 6) is 1.66. The zero-order chi connectivity index (χ0) is 14.2. The summed E-state index contributed by atoms with van der Waals surface area (Å²) in [6.07, 6.45) is 6.42. The summed E-state index contributed by atoms with van der Waals surface area (Å²) in [6, 6.07) is 0. The molecule has 0 bridgehead atoms. The maximum atomic E-state index is 5.85. The molecule has 6 nitrogen and oxygen atoms in total. The second kappa shape index (κ2) is 5.47. The van der Waals surface area contributed by atoms with Crippen molar-refractivity contribution < 1.29 is 4.74 Å². The van der Waals surface area contributed by atoms with Crippen LogP contribution in [0.3, 0.4) is 0 Å². The lowest BCUT2D eigenvalue weighted by atomic mass is 10.2. The highest BCUT2D eigenvalue weighted by Crippen LogP contribution is 2.41. The van der Waals surface area contributed by atoms with Gasteiger partial charge < -0.3 is 9.30 Å². The van der Waals surface area contributed by atoms with Crippen molar-refractivity contribution in [2.75, 3.05) is 19.7 Å². The van der Waals surface area contributed by atoms with Gasteiger partial charge in [-0.15, -0.1) is 21.5 Å². The van der Waals surface area contributed by atoms with Crippen LogP contribution in [0.25, 0.3) is 0 Å². The number of nitrogens with zero attached hydrogens (tertiary/aromatic N) is 5. The molecule has 1 saturated heterocycles. The van der Waals surface area contributed by atoms with Crippen LogP contribution in [-0.4, -0.2) is 44.3 Å². The molecule has 1 aliphatic carbocycles. The lowest BCUT2D eigenvalue weighted by molar-refractivity contribution is -0.0382. The van der Waals surface area contributed by atoms with Crippen molar-refractivity contribution in [2.45, 2.75) is 31.4 Å². The molecule has 0 N–H and O–H groups in total. The van der Waals surface area contributed by atoms with Gasteiger partial charge in [-0.25, -0.2) is 4.98 Å². The molecule has 2 aromatic rings. The van der Waals surface area contributed by atoms with E-state index < -0.39 is 0 Å². The Morgan fingerprint density at radius 3 is 3.10 bits per heavy atom. The van der Waals surface area contributed by atoms with E-state index in [0.29, 0.717) is 0 Å². The minimum absolute atomic E-state index is 0.0158. The van der Waals surface area contributed by atoms with E-state index in [4.69, 9.17) is 4.74 Å². The van der Waals surface area contributed by atoms with Crippen molar-refractivity contribution >= 4 is 11.3 Å². The first kappa shape index (κ1) is 13.4. The van der Waals surface area contributed by atoms with Crippen LogP contribution in [-0.2, 0) is 18.3 Å². The van der Waals surface area contributed by atoms with Crippen LogP contribution in [0.2, 0.25) is 0 Å².